The minimum atomic E-state index is -2.64. The van der Waals surface area contributed by atoms with E-state index in [-0.39, 0.29) is 22.4 Å². The molecule has 0 bridgehead atoms. The smallest absolute Gasteiger partial charge is 0.290 e. The molecule has 1 saturated heterocycles. The summed E-state index contributed by atoms with van der Waals surface area (Å²) in [7, 11) is 0. The highest BCUT2D eigenvalue weighted by atomic mass is 32.2. The summed E-state index contributed by atoms with van der Waals surface area (Å²) in [6, 6.07) is 6.53. The van der Waals surface area contributed by atoms with Crippen molar-refractivity contribution in [3.05, 3.63) is 42.2 Å². The van der Waals surface area contributed by atoms with E-state index in [9.17, 15) is 13.6 Å². The number of hydrogen-bond acceptors (Lipinski definition) is 6. The Hall–Kier alpha value is -2.26. The maximum Gasteiger partial charge on any atom is 0.290 e. The van der Waals surface area contributed by atoms with Gasteiger partial charge in [0.2, 0.25) is 0 Å². The SMILES string of the molecule is O=C(Nc1ccc(N2CCOCC2)nc1)c1cccnc1SC(F)F. The average Bonchev–Trinajstić information content (AvgIpc) is 2.63. The second-order valence-corrected chi connectivity index (χ2v) is 6.17. The van der Waals surface area contributed by atoms with Gasteiger partial charge in [0.05, 0.1) is 30.7 Å². The van der Waals surface area contributed by atoms with E-state index in [1.165, 1.54) is 18.3 Å². The number of alkyl halides is 2. The molecule has 1 aliphatic heterocycles. The molecule has 0 aromatic carbocycles. The first-order valence-corrected chi connectivity index (χ1v) is 8.51. The van der Waals surface area contributed by atoms with Gasteiger partial charge in [-0.3, -0.25) is 4.79 Å². The van der Waals surface area contributed by atoms with Crippen LogP contribution in [0.15, 0.2) is 41.7 Å². The molecule has 1 aliphatic rings. The van der Waals surface area contributed by atoms with Crippen molar-refractivity contribution in [2.24, 2.45) is 0 Å². The molecule has 0 atom stereocenters. The molecule has 3 rings (SSSR count). The lowest BCUT2D eigenvalue weighted by Crippen LogP contribution is -2.36. The Morgan fingerprint density at radius 1 is 1.24 bits per heavy atom. The second-order valence-electron chi connectivity index (χ2n) is 5.19. The number of amides is 1. The first-order chi connectivity index (χ1) is 12.1. The number of carbonyl (C=O) groups excluding carboxylic acids is 1. The van der Waals surface area contributed by atoms with Gasteiger partial charge in [-0.05, 0) is 36.0 Å². The number of anilines is 2. The third-order valence-electron chi connectivity index (χ3n) is 3.56. The molecule has 3 heterocycles. The van der Waals surface area contributed by atoms with Crippen molar-refractivity contribution >= 4 is 29.2 Å². The van der Waals surface area contributed by atoms with Crippen molar-refractivity contribution in [2.45, 2.75) is 10.8 Å². The van der Waals surface area contributed by atoms with Crippen LogP contribution >= 0.6 is 11.8 Å². The Kier molecular flexibility index (Phi) is 5.77. The van der Waals surface area contributed by atoms with Gasteiger partial charge in [-0.15, -0.1) is 0 Å². The summed E-state index contributed by atoms with van der Waals surface area (Å²) < 4.78 is 30.5. The first-order valence-electron chi connectivity index (χ1n) is 7.63. The minimum absolute atomic E-state index is 0.00658. The number of ether oxygens (including phenoxy) is 1. The van der Waals surface area contributed by atoms with Crippen molar-refractivity contribution in [3.8, 4) is 0 Å². The lowest BCUT2D eigenvalue weighted by molar-refractivity contribution is 0.102. The third-order valence-corrected chi connectivity index (χ3v) is 4.28. The molecule has 0 radical (unpaired) electrons. The fourth-order valence-electron chi connectivity index (χ4n) is 2.38. The van der Waals surface area contributed by atoms with E-state index in [1.807, 2.05) is 0 Å². The lowest BCUT2D eigenvalue weighted by atomic mass is 10.2. The molecule has 2 aromatic heterocycles. The van der Waals surface area contributed by atoms with E-state index in [0.29, 0.717) is 18.9 Å². The molecule has 9 heteroatoms. The van der Waals surface area contributed by atoms with Crippen LogP contribution in [0.1, 0.15) is 10.4 Å². The molecular formula is C16H16F2N4O2S. The van der Waals surface area contributed by atoms with Crippen molar-refractivity contribution in [3.63, 3.8) is 0 Å². The summed E-state index contributed by atoms with van der Waals surface area (Å²) in [4.78, 5) is 22.6. The Labute approximate surface area is 147 Å². The van der Waals surface area contributed by atoms with Gasteiger partial charge in [0.25, 0.3) is 11.7 Å². The average molecular weight is 366 g/mol. The van der Waals surface area contributed by atoms with Crippen LogP contribution < -0.4 is 10.2 Å². The second kappa shape index (κ2) is 8.21. The Bertz CT molecular complexity index is 724. The summed E-state index contributed by atoms with van der Waals surface area (Å²) in [6.45, 7) is 2.85. The number of nitrogens with one attached hydrogen (secondary N) is 1. The Morgan fingerprint density at radius 3 is 2.72 bits per heavy atom. The van der Waals surface area contributed by atoms with Crippen LogP contribution in [-0.4, -0.2) is 47.9 Å². The van der Waals surface area contributed by atoms with Gasteiger partial charge < -0.3 is 15.0 Å². The lowest BCUT2D eigenvalue weighted by Gasteiger charge is -2.27. The molecule has 25 heavy (non-hydrogen) atoms. The summed E-state index contributed by atoms with van der Waals surface area (Å²) in [6.07, 6.45) is 2.92. The number of thioether (sulfide) groups is 1. The largest absolute Gasteiger partial charge is 0.378 e. The van der Waals surface area contributed by atoms with Gasteiger partial charge in [-0.2, -0.15) is 8.78 Å². The highest BCUT2D eigenvalue weighted by Gasteiger charge is 2.17. The number of carbonyl (C=O) groups is 1. The molecule has 132 valence electrons. The highest BCUT2D eigenvalue weighted by Crippen LogP contribution is 2.27. The van der Waals surface area contributed by atoms with Crippen LogP contribution in [0.25, 0.3) is 0 Å². The van der Waals surface area contributed by atoms with Crippen LogP contribution in [0.3, 0.4) is 0 Å². The number of aromatic nitrogens is 2. The normalized spacial score (nSPS) is 14.6. The number of pyridine rings is 2. The fraction of sp³-hybridized carbons (Fsp3) is 0.312. The zero-order chi connectivity index (χ0) is 17.6. The van der Waals surface area contributed by atoms with Gasteiger partial charge in [0.15, 0.2) is 0 Å². The third kappa shape index (κ3) is 4.64. The zero-order valence-corrected chi connectivity index (χ0v) is 14.0. The molecule has 1 N–H and O–H groups in total. The Morgan fingerprint density at radius 2 is 2.04 bits per heavy atom. The zero-order valence-electron chi connectivity index (χ0n) is 13.2. The van der Waals surface area contributed by atoms with Gasteiger partial charge in [-0.1, -0.05) is 0 Å². The van der Waals surface area contributed by atoms with Crippen molar-refractivity contribution in [1.82, 2.24) is 9.97 Å². The summed E-state index contributed by atoms with van der Waals surface area (Å²) >= 11 is 0.246. The summed E-state index contributed by atoms with van der Waals surface area (Å²) in [5.41, 5.74) is 0.587. The van der Waals surface area contributed by atoms with Gasteiger partial charge in [0.1, 0.15) is 10.8 Å². The number of rotatable bonds is 5. The van der Waals surface area contributed by atoms with Crippen LogP contribution in [0.5, 0.6) is 0 Å². The number of nitrogens with zero attached hydrogens (tertiary/aromatic N) is 3. The van der Waals surface area contributed by atoms with Crippen molar-refractivity contribution < 1.29 is 18.3 Å². The van der Waals surface area contributed by atoms with E-state index in [1.54, 1.807) is 18.3 Å². The number of morpholine rings is 1. The van der Waals surface area contributed by atoms with Crippen molar-refractivity contribution in [1.29, 1.82) is 0 Å². The molecule has 0 saturated carbocycles. The quantitative estimate of drug-likeness (QED) is 0.821. The van der Waals surface area contributed by atoms with Crippen molar-refractivity contribution in [2.75, 3.05) is 36.5 Å². The molecule has 0 aliphatic carbocycles. The topological polar surface area (TPSA) is 67.4 Å². The van der Waals surface area contributed by atoms with E-state index in [0.717, 1.165) is 18.9 Å². The maximum atomic E-state index is 12.6. The summed E-state index contributed by atoms with van der Waals surface area (Å²) in [5, 5.41) is 2.65. The molecule has 1 amide bonds. The van der Waals surface area contributed by atoms with E-state index < -0.39 is 11.7 Å². The maximum absolute atomic E-state index is 12.6. The monoisotopic (exact) mass is 366 g/mol. The number of hydrogen-bond donors (Lipinski definition) is 1. The molecule has 6 nitrogen and oxygen atoms in total. The van der Waals surface area contributed by atoms with Crippen LogP contribution in [-0.2, 0) is 4.74 Å². The molecule has 1 fully saturated rings. The van der Waals surface area contributed by atoms with E-state index in [4.69, 9.17) is 4.74 Å². The highest BCUT2D eigenvalue weighted by molar-refractivity contribution is 7.99. The van der Waals surface area contributed by atoms with Gasteiger partial charge in [-0.25, -0.2) is 9.97 Å². The van der Waals surface area contributed by atoms with Crippen LogP contribution in [0.2, 0.25) is 0 Å². The molecular weight excluding hydrogens is 350 g/mol. The minimum Gasteiger partial charge on any atom is -0.378 e. The fourth-order valence-corrected chi connectivity index (χ4v) is 2.96. The first kappa shape index (κ1) is 17.6. The van der Waals surface area contributed by atoms with Gasteiger partial charge in [0, 0.05) is 19.3 Å². The molecule has 0 unspecified atom stereocenters. The standard InChI is InChI=1S/C16H16F2N4O2S/c17-16(18)25-15-12(2-1-5-19-15)14(23)21-11-3-4-13(20-10-11)22-6-8-24-9-7-22/h1-5,10,16H,6-9H2,(H,21,23). The summed E-state index contributed by atoms with van der Waals surface area (Å²) in [5.74, 6) is -2.34. The number of halogens is 2. The molecule has 0 spiro atoms. The van der Waals surface area contributed by atoms with Crippen LogP contribution in [0.4, 0.5) is 20.3 Å². The van der Waals surface area contributed by atoms with E-state index in [2.05, 4.69) is 20.2 Å². The predicted molar refractivity (Wildman–Crippen MR) is 91.3 cm³/mol. The predicted octanol–water partition coefficient (Wildman–Crippen LogP) is 2.88. The molecule has 2 aromatic rings. The van der Waals surface area contributed by atoms with Crippen LogP contribution in [0, 0.1) is 0 Å². The Balaban J connectivity index is 1.69. The van der Waals surface area contributed by atoms with Gasteiger partial charge >= 0.3 is 0 Å². The van der Waals surface area contributed by atoms with E-state index >= 15 is 0 Å².